The van der Waals surface area contributed by atoms with Crippen LogP contribution in [0.2, 0.25) is 0 Å². The Hall–Kier alpha value is -1.63. The van der Waals surface area contributed by atoms with Crippen molar-refractivity contribution < 1.29 is 23.5 Å². The fourth-order valence-electron chi connectivity index (χ4n) is 2.18. The van der Waals surface area contributed by atoms with Gasteiger partial charge in [0.2, 0.25) is 5.91 Å². The maximum atomic E-state index is 13.0. The molecular weight excluding hydrogens is 300 g/mol. The highest BCUT2D eigenvalue weighted by molar-refractivity contribution is 8.00. The third-order valence-electron chi connectivity index (χ3n) is 3.45. The molecule has 0 saturated carbocycles. The number of likely N-dealkylation sites (tertiary alicyclic amines) is 1. The topological polar surface area (TPSA) is 57.6 Å². The molecule has 1 aliphatic rings. The highest BCUT2D eigenvalue weighted by atomic mass is 32.2. The van der Waals surface area contributed by atoms with E-state index in [-0.39, 0.29) is 17.6 Å². The van der Waals surface area contributed by atoms with Gasteiger partial charge in [-0.25, -0.2) is 8.78 Å². The van der Waals surface area contributed by atoms with Gasteiger partial charge in [-0.3, -0.25) is 9.59 Å². The lowest BCUT2D eigenvalue weighted by Gasteiger charge is -2.30. The zero-order chi connectivity index (χ0) is 15.4. The zero-order valence-corrected chi connectivity index (χ0v) is 12.0. The Morgan fingerprint density at radius 1 is 1.24 bits per heavy atom. The summed E-state index contributed by atoms with van der Waals surface area (Å²) in [6.45, 7) is 0.849. The summed E-state index contributed by atoms with van der Waals surface area (Å²) in [5.74, 6) is -3.04. The number of carbonyl (C=O) groups is 2. The SMILES string of the molecule is O=C(O)C1CCN(C(=O)CSc2ccc(F)c(F)c2)CC1. The van der Waals surface area contributed by atoms with Crippen LogP contribution in [-0.2, 0) is 9.59 Å². The molecular formula is C14H15F2NO3S. The van der Waals surface area contributed by atoms with Gasteiger partial charge in [-0.05, 0) is 31.0 Å². The van der Waals surface area contributed by atoms with E-state index in [1.165, 1.54) is 6.07 Å². The number of rotatable bonds is 4. The highest BCUT2D eigenvalue weighted by Gasteiger charge is 2.26. The standard InChI is InChI=1S/C14H15F2NO3S/c15-11-2-1-10(7-12(11)16)21-8-13(18)17-5-3-9(4-6-17)14(19)20/h1-2,7,9H,3-6,8H2,(H,19,20). The Labute approximate surface area is 125 Å². The smallest absolute Gasteiger partial charge is 0.306 e. The lowest BCUT2D eigenvalue weighted by Crippen LogP contribution is -2.41. The Kier molecular flexibility index (Phi) is 5.17. The molecule has 0 aliphatic carbocycles. The number of carbonyl (C=O) groups excluding carboxylic acids is 1. The fraction of sp³-hybridized carbons (Fsp3) is 0.429. The molecule has 1 aromatic rings. The van der Waals surface area contributed by atoms with Crippen molar-refractivity contribution in [2.24, 2.45) is 5.92 Å². The first-order valence-electron chi connectivity index (χ1n) is 6.56. The molecule has 1 aliphatic heterocycles. The van der Waals surface area contributed by atoms with Crippen LogP contribution in [-0.4, -0.2) is 40.7 Å². The maximum absolute atomic E-state index is 13.0. The van der Waals surface area contributed by atoms with E-state index in [1.54, 1.807) is 4.90 Å². The first kappa shape index (κ1) is 15.8. The number of thioether (sulfide) groups is 1. The average Bonchev–Trinajstić information content (AvgIpc) is 2.48. The molecule has 1 amide bonds. The van der Waals surface area contributed by atoms with Crippen LogP contribution in [0.5, 0.6) is 0 Å². The normalized spacial score (nSPS) is 16.0. The van der Waals surface area contributed by atoms with Crippen LogP contribution in [0.4, 0.5) is 8.78 Å². The molecule has 2 rings (SSSR count). The summed E-state index contributed by atoms with van der Waals surface area (Å²) < 4.78 is 25.8. The van der Waals surface area contributed by atoms with Crippen molar-refractivity contribution in [1.29, 1.82) is 0 Å². The molecule has 1 saturated heterocycles. The summed E-state index contributed by atoms with van der Waals surface area (Å²) in [5, 5.41) is 8.89. The quantitative estimate of drug-likeness (QED) is 0.867. The zero-order valence-electron chi connectivity index (χ0n) is 11.2. The molecule has 0 radical (unpaired) electrons. The highest BCUT2D eigenvalue weighted by Crippen LogP contribution is 2.22. The molecule has 0 unspecified atom stereocenters. The number of carboxylic acid groups (broad SMARTS) is 1. The maximum Gasteiger partial charge on any atom is 0.306 e. The van der Waals surface area contributed by atoms with Gasteiger partial charge < -0.3 is 10.0 Å². The number of benzene rings is 1. The Morgan fingerprint density at radius 3 is 2.48 bits per heavy atom. The van der Waals surface area contributed by atoms with E-state index >= 15 is 0 Å². The van der Waals surface area contributed by atoms with Crippen molar-refractivity contribution in [3.05, 3.63) is 29.8 Å². The third-order valence-corrected chi connectivity index (χ3v) is 4.43. The molecule has 1 N–H and O–H groups in total. The van der Waals surface area contributed by atoms with Gasteiger partial charge in [0.1, 0.15) is 0 Å². The number of amides is 1. The van der Waals surface area contributed by atoms with E-state index in [0.29, 0.717) is 30.8 Å². The second-order valence-corrected chi connectivity index (χ2v) is 5.91. The van der Waals surface area contributed by atoms with Crippen molar-refractivity contribution >= 4 is 23.6 Å². The summed E-state index contributed by atoms with van der Waals surface area (Å²) in [4.78, 5) is 24.9. The minimum absolute atomic E-state index is 0.117. The second-order valence-electron chi connectivity index (χ2n) is 4.86. The van der Waals surface area contributed by atoms with Crippen LogP contribution in [0.25, 0.3) is 0 Å². The molecule has 1 heterocycles. The molecule has 7 heteroatoms. The molecule has 114 valence electrons. The monoisotopic (exact) mass is 315 g/mol. The van der Waals surface area contributed by atoms with Gasteiger partial charge in [0.05, 0.1) is 11.7 Å². The van der Waals surface area contributed by atoms with Gasteiger partial charge in [-0.2, -0.15) is 0 Å². The fourth-order valence-corrected chi connectivity index (χ4v) is 3.00. The minimum Gasteiger partial charge on any atom is -0.481 e. The van der Waals surface area contributed by atoms with Crippen molar-refractivity contribution in [2.45, 2.75) is 17.7 Å². The van der Waals surface area contributed by atoms with E-state index in [0.717, 1.165) is 23.9 Å². The lowest BCUT2D eigenvalue weighted by molar-refractivity contribution is -0.145. The molecule has 1 fully saturated rings. The van der Waals surface area contributed by atoms with E-state index < -0.39 is 17.6 Å². The Morgan fingerprint density at radius 2 is 1.90 bits per heavy atom. The first-order valence-corrected chi connectivity index (χ1v) is 7.54. The summed E-state index contributed by atoms with van der Waals surface area (Å²) in [6.07, 6.45) is 0.911. The lowest BCUT2D eigenvalue weighted by atomic mass is 9.97. The van der Waals surface area contributed by atoms with E-state index in [1.807, 2.05) is 0 Å². The molecule has 0 spiro atoms. The summed E-state index contributed by atoms with van der Waals surface area (Å²) >= 11 is 1.14. The summed E-state index contributed by atoms with van der Waals surface area (Å²) in [6, 6.07) is 3.51. The molecule has 4 nitrogen and oxygen atoms in total. The molecule has 21 heavy (non-hydrogen) atoms. The van der Waals surface area contributed by atoms with E-state index in [4.69, 9.17) is 5.11 Å². The minimum atomic E-state index is -0.935. The van der Waals surface area contributed by atoms with Gasteiger partial charge >= 0.3 is 5.97 Å². The number of nitrogens with zero attached hydrogens (tertiary/aromatic N) is 1. The van der Waals surface area contributed by atoms with Crippen LogP contribution >= 0.6 is 11.8 Å². The van der Waals surface area contributed by atoms with Crippen LogP contribution < -0.4 is 0 Å². The number of piperidine rings is 1. The van der Waals surface area contributed by atoms with E-state index in [9.17, 15) is 18.4 Å². The number of halogens is 2. The van der Waals surface area contributed by atoms with Crippen molar-refractivity contribution in [3.8, 4) is 0 Å². The van der Waals surface area contributed by atoms with Gasteiger partial charge in [0, 0.05) is 18.0 Å². The first-order chi connectivity index (χ1) is 9.97. The van der Waals surface area contributed by atoms with Crippen LogP contribution in [0.15, 0.2) is 23.1 Å². The van der Waals surface area contributed by atoms with Crippen molar-refractivity contribution in [2.75, 3.05) is 18.8 Å². The third kappa shape index (κ3) is 4.17. The van der Waals surface area contributed by atoms with Crippen LogP contribution in [0, 0.1) is 17.6 Å². The van der Waals surface area contributed by atoms with E-state index in [2.05, 4.69) is 0 Å². The summed E-state index contributed by atoms with van der Waals surface area (Å²) in [5.41, 5.74) is 0. The van der Waals surface area contributed by atoms with Crippen molar-refractivity contribution in [1.82, 2.24) is 4.90 Å². The number of aliphatic carboxylic acids is 1. The predicted molar refractivity (Wildman–Crippen MR) is 74.0 cm³/mol. The molecule has 1 aromatic carbocycles. The van der Waals surface area contributed by atoms with Crippen LogP contribution in [0.1, 0.15) is 12.8 Å². The van der Waals surface area contributed by atoms with Gasteiger partial charge in [0.25, 0.3) is 0 Å². The number of carboxylic acids is 1. The second kappa shape index (κ2) is 6.89. The van der Waals surface area contributed by atoms with Gasteiger partial charge in [0.15, 0.2) is 11.6 Å². The van der Waals surface area contributed by atoms with Gasteiger partial charge in [-0.1, -0.05) is 0 Å². The Bertz CT molecular complexity index is 545. The summed E-state index contributed by atoms with van der Waals surface area (Å²) in [7, 11) is 0. The molecule has 0 bridgehead atoms. The molecule has 0 atom stereocenters. The van der Waals surface area contributed by atoms with Crippen LogP contribution in [0.3, 0.4) is 0 Å². The largest absolute Gasteiger partial charge is 0.481 e. The number of hydrogen-bond donors (Lipinski definition) is 1. The van der Waals surface area contributed by atoms with Crippen molar-refractivity contribution in [3.63, 3.8) is 0 Å². The average molecular weight is 315 g/mol. The predicted octanol–water partition coefficient (Wildman–Crippen LogP) is 2.38. The Balaban J connectivity index is 1.82. The number of hydrogen-bond acceptors (Lipinski definition) is 3. The van der Waals surface area contributed by atoms with Gasteiger partial charge in [-0.15, -0.1) is 11.8 Å². The molecule has 0 aromatic heterocycles.